The first-order valence-electron chi connectivity index (χ1n) is 12.9. The predicted octanol–water partition coefficient (Wildman–Crippen LogP) is 6.05. The van der Waals surface area contributed by atoms with Gasteiger partial charge < -0.3 is 31.6 Å². The highest BCUT2D eigenvalue weighted by atomic mass is 35.5. The second-order valence-electron chi connectivity index (χ2n) is 9.53. The molecule has 4 rings (SSSR count). The van der Waals surface area contributed by atoms with Crippen molar-refractivity contribution in [2.24, 2.45) is 0 Å². The molecular weight excluding hydrogens is 540 g/mol. The number of rotatable bonds is 11. The Morgan fingerprint density at radius 1 is 1.00 bits per heavy atom. The minimum absolute atomic E-state index is 0.0591. The first-order chi connectivity index (χ1) is 19.6. The summed E-state index contributed by atoms with van der Waals surface area (Å²) in [5.41, 5.74) is 10.1. The van der Waals surface area contributed by atoms with Crippen molar-refractivity contribution in [1.82, 2.24) is 10.6 Å². The highest BCUT2D eigenvalue weighted by Gasteiger charge is 2.14. The van der Waals surface area contributed by atoms with Gasteiger partial charge in [-0.05, 0) is 83.4 Å². The number of benzene rings is 4. The lowest BCUT2D eigenvalue weighted by molar-refractivity contribution is -0.136. The maximum Gasteiger partial charge on any atom is 0.305 e. The number of nitrogens with one attached hydrogen (secondary N) is 3. The fourth-order valence-corrected chi connectivity index (χ4v) is 4.54. The Morgan fingerprint density at radius 3 is 2.39 bits per heavy atom. The van der Waals surface area contributed by atoms with Crippen LogP contribution in [0.15, 0.2) is 84.9 Å². The molecule has 41 heavy (non-hydrogen) atoms. The number of carbonyl (C=O) groups excluding carboxylic acids is 1. The zero-order valence-corrected chi connectivity index (χ0v) is 23.5. The Labute approximate surface area is 243 Å². The number of amides is 1. The monoisotopic (exact) mass is 570 g/mol. The number of carbonyl (C=O) groups is 2. The molecule has 0 spiro atoms. The highest BCUT2D eigenvalue weighted by molar-refractivity contribution is 6.35. The van der Waals surface area contributed by atoms with E-state index in [1.165, 1.54) is 0 Å². The standard InChI is InChI=1S/C32H31ClN4O4/c1-19(20-3-5-21(6-4-20)32(40)36-14-13-31(38)39)37-30(18-29(35)27-17-25(34)10-12-28(27)33)24-8-7-23-16-26(41-2)11-9-22(23)15-24/h3-12,15-19,35,37H,13-14,34H2,1-2H3,(H,36,40)(H,38,39)/b30-18-,35-29?. The summed E-state index contributed by atoms with van der Waals surface area (Å²) in [7, 11) is 1.63. The van der Waals surface area contributed by atoms with Crippen LogP contribution >= 0.6 is 11.6 Å². The van der Waals surface area contributed by atoms with Crippen LogP contribution in [0.1, 0.15) is 46.4 Å². The molecule has 210 valence electrons. The molecule has 6 N–H and O–H groups in total. The number of aliphatic carboxylic acids is 1. The van der Waals surface area contributed by atoms with Crippen LogP contribution in [-0.2, 0) is 4.79 Å². The van der Waals surface area contributed by atoms with Gasteiger partial charge in [0.2, 0.25) is 0 Å². The number of fused-ring (bicyclic) bond motifs is 1. The van der Waals surface area contributed by atoms with Gasteiger partial charge in [-0.15, -0.1) is 0 Å². The van der Waals surface area contributed by atoms with E-state index in [0.717, 1.165) is 27.6 Å². The molecule has 0 heterocycles. The number of hydrogen-bond donors (Lipinski definition) is 5. The van der Waals surface area contributed by atoms with Gasteiger partial charge in [0.25, 0.3) is 5.91 Å². The lowest BCUT2D eigenvalue weighted by atomic mass is 10.00. The van der Waals surface area contributed by atoms with E-state index < -0.39 is 5.97 Å². The predicted molar refractivity (Wildman–Crippen MR) is 164 cm³/mol. The van der Waals surface area contributed by atoms with Crippen LogP contribution in [-0.4, -0.2) is 36.3 Å². The van der Waals surface area contributed by atoms with E-state index in [-0.39, 0.29) is 30.6 Å². The van der Waals surface area contributed by atoms with Crippen molar-refractivity contribution in [2.45, 2.75) is 19.4 Å². The SMILES string of the molecule is COc1ccc2cc(/C(=C/C(=N)c3cc(N)ccc3Cl)NC(C)c3ccc(C(=O)NCCC(=O)O)cc3)ccc2c1. The fourth-order valence-electron chi connectivity index (χ4n) is 4.32. The highest BCUT2D eigenvalue weighted by Crippen LogP contribution is 2.27. The van der Waals surface area contributed by atoms with Gasteiger partial charge in [-0.2, -0.15) is 0 Å². The van der Waals surface area contributed by atoms with Crippen LogP contribution in [0.3, 0.4) is 0 Å². The molecule has 1 atom stereocenters. The number of ether oxygens (including phenoxy) is 1. The maximum atomic E-state index is 12.3. The van der Waals surface area contributed by atoms with Crippen molar-refractivity contribution in [3.05, 3.63) is 112 Å². The number of nitrogens with two attached hydrogens (primary N) is 1. The molecule has 1 unspecified atom stereocenters. The smallest absolute Gasteiger partial charge is 0.305 e. The Hall–Kier alpha value is -4.82. The largest absolute Gasteiger partial charge is 0.497 e. The third kappa shape index (κ3) is 7.43. The molecule has 0 aliphatic heterocycles. The number of methoxy groups -OCH3 is 1. The molecule has 0 radical (unpaired) electrons. The van der Waals surface area contributed by atoms with E-state index in [4.69, 9.17) is 32.6 Å². The molecule has 1 amide bonds. The Bertz CT molecular complexity index is 1630. The summed E-state index contributed by atoms with van der Waals surface area (Å²) in [5, 5.41) is 26.2. The summed E-state index contributed by atoms with van der Waals surface area (Å²) >= 11 is 6.40. The molecule has 9 heteroatoms. The molecule has 4 aromatic rings. The van der Waals surface area contributed by atoms with Crippen LogP contribution in [0.25, 0.3) is 16.5 Å². The summed E-state index contributed by atoms with van der Waals surface area (Å²) in [6.07, 6.45) is 1.59. The normalized spacial score (nSPS) is 12.0. The van der Waals surface area contributed by atoms with E-state index in [2.05, 4.69) is 10.6 Å². The lowest BCUT2D eigenvalue weighted by Gasteiger charge is -2.20. The van der Waals surface area contributed by atoms with Crippen molar-refractivity contribution in [2.75, 3.05) is 19.4 Å². The molecule has 0 aromatic heterocycles. The first kappa shape index (κ1) is 29.2. The Balaban J connectivity index is 1.63. The topological polar surface area (TPSA) is 138 Å². The fraction of sp³-hybridized carbons (Fsp3) is 0.156. The van der Waals surface area contributed by atoms with Crippen molar-refractivity contribution in [3.8, 4) is 5.75 Å². The zero-order valence-electron chi connectivity index (χ0n) is 22.7. The molecule has 4 aromatic carbocycles. The third-order valence-electron chi connectivity index (χ3n) is 6.60. The van der Waals surface area contributed by atoms with Crippen LogP contribution in [0.5, 0.6) is 5.75 Å². The minimum Gasteiger partial charge on any atom is -0.497 e. The van der Waals surface area contributed by atoms with Crippen LogP contribution < -0.4 is 21.1 Å². The van der Waals surface area contributed by atoms with Crippen LogP contribution in [0, 0.1) is 5.41 Å². The van der Waals surface area contributed by atoms with Gasteiger partial charge in [0.05, 0.1) is 24.3 Å². The van der Waals surface area contributed by atoms with Crippen LogP contribution in [0.4, 0.5) is 5.69 Å². The van der Waals surface area contributed by atoms with Gasteiger partial charge in [0, 0.05) is 35.1 Å². The lowest BCUT2D eigenvalue weighted by Crippen LogP contribution is -2.26. The van der Waals surface area contributed by atoms with Crippen molar-refractivity contribution in [1.29, 1.82) is 5.41 Å². The number of hydrogen-bond acceptors (Lipinski definition) is 6. The average molecular weight is 571 g/mol. The van der Waals surface area contributed by atoms with E-state index in [0.29, 0.717) is 27.5 Å². The summed E-state index contributed by atoms with van der Waals surface area (Å²) in [4.78, 5) is 23.0. The molecule has 0 fully saturated rings. The Morgan fingerprint density at radius 2 is 1.68 bits per heavy atom. The first-order valence-corrected chi connectivity index (χ1v) is 13.3. The van der Waals surface area contributed by atoms with Crippen molar-refractivity contribution >= 4 is 51.3 Å². The quantitative estimate of drug-likeness (QED) is 0.110. The van der Waals surface area contributed by atoms with E-state index in [9.17, 15) is 9.59 Å². The molecule has 0 saturated carbocycles. The van der Waals surface area contributed by atoms with E-state index in [1.807, 2.05) is 55.5 Å². The van der Waals surface area contributed by atoms with Gasteiger partial charge in [0.15, 0.2) is 0 Å². The van der Waals surface area contributed by atoms with E-state index in [1.54, 1.807) is 43.5 Å². The number of anilines is 1. The number of halogens is 1. The number of allylic oxidation sites excluding steroid dienone is 1. The summed E-state index contributed by atoms with van der Waals surface area (Å²) in [5.74, 6) is -0.536. The van der Waals surface area contributed by atoms with Crippen LogP contribution in [0.2, 0.25) is 5.02 Å². The molecule has 0 saturated heterocycles. The van der Waals surface area contributed by atoms with Gasteiger partial charge in [0.1, 0.15) is 5.75 Å². The van der Waals surface area contributed by atoms with Crippen molar-refractivity contribution < 1.29 is 19.4 Å². The van der Waals surface area contributed by atoms with Gasteiger partial charge in [-0.25, -0.2) is 0 Å². The van der Waals surface area contributed by atoms with E-state index >= 15 is 0 Å². The van der Waals surface area contributed by atoms with Gasteiger partial charge in [-0.1, -0.05) is 41.9 Å². The number of carboxylic acids is 1. The number of nitrogen functional groups attached to an aromatic ring is 1. The summed E-state index contributed by atoms with van der Waals surface area (Å²) < 4.78 is 5.35. The average Bonchev–Trinajstić information content (AvgIpc) is 2.97. The molecule has 0 bridgehead atoms. The second-order valence-corrected chi connectivity index (χ2v) is 9.93. The zero-order chi connectivity index (χ0) is 29.5. The summed E-state index contributed by atoms with van der Waals surface area (Å²) in [6.45, 7) is 2.04. The van der Waals surface area contributed by atoms with Crippen molar-refractivity contribution in [3.63, 3.8) is 0 Å². The number of carboxylic acid groups (broad SMARTS) is 1. The molecular formula is C32H31ClN4O4. The molecule has 0 aliphatic carbocycles. The maximum absolute atomic E-state index is 12.3. The second kappa shape index (κ2) is 13.0. The van der Waals surface area contributed by atoms with Gasteiger partial charge in [-0.3, -0.25) is 9.59 Å². The third-order valence-corrected chi connectivity index (χ3v) is 6.93. The van der Waals surface area contributed by atoms with Gasteiger partial charge >= 0.3 is 5.97 Å². The summed E-state index contributed by atoms with van der Waals surface area (Å²) in [6, 6.07) is 23.8. The Kier molecular flexibility index (Phi) is 9.26. The molecule has 8 nitrogen and oxygen atoms in total. The minimum atomic E-state index is -0.971. The molecule has 0 aliphatic rings.